The molecule has 12 heteroatoms. The summed E-state index contributed by atoms with van der Waals surface area (Å²) >= 11 is 0.867. The van der Waals surface area contributed by atoms with Crippen molar-refractivity contribution in [1.82, 2.24) is 15.5 Å². The number of aromatic nitrogens is 2. The number of hydrogen-bond donors (Lipinski definition) is 4. The molecule has 0 radical (unpaired) electrons. The Morgan fingerprint density at radius 1 is 1.08 bits per heavy atom. The summed E-state index contributed by atoms with van der Waals surface area (Å²) in [7, 11) is -3.48. The summed E-state index contributed by atoms with van der Waals surface area (Å²) < 4.78 is 24.5. The number of nitrogens with zero attached hydrogens (tertiary/aromatic N) is 2. The second-order valence-electron chi connectivity index (χ2n) is 5.54. The molecule has 0 spiro atoms. The number of amides is 3. The van der Waals surface area contributed by atoms with Crippen LogP contribution in [0.2, 0.25) is 0 Å². The van der Waals surface area contributed by atoms with Crippen LogP contribution in [0.5, 0.6) is 0 Å². The van der Waals surface area contributed by atoms with E-state index in [4.69, 9.17) is 0 Å². The van der Waals surface area contributed by atoms with Gasteiger partial charge in [-0.05, 0) is 26.0 Å². The van der Waals surface area contributed by atoms with Gasteiger partial charge in [0.1, 0.15) is 0 Å². The lowest BCUT2D eigenvalue weighted by Crippen LogP contribution is -2.34. The highest BCUT2D eigenvalue weighted by atomic mass is 32.2. The number of urea groups is 1. The summed E-state index contributed by atoms with van der Waals surface area (Å²) in [6, 6.07) is 5.97. The molecule has 0 aliphatic heterocycles. The summed E-state index contributed by atoms with van der Waals surface area (Å²) in [5.41, 5.74) is 0.543. The van der Waals surface area contributed by atoms with Gasteiger partial charge >= 0.3 is 6.03 Å². The Morgan fingerprint density at radius 3 is 2.38 bits per heavy atom. The molecule has 0 aliphatic rings. The SMILES string of the molecule is CC(C)NC(=O)Nc1ccccc1C(=O)Nc1nnc(NS(C)(=O)=O)s1. The second kappa shape index (κ2) is 8.10. The first kappa shape index (κ1) is 19.6. The van der Waals surface area contributed by atoms with E-state index < -0.39 is 22.0 Å². The summed E-state index contributed by atoms with van der Waals surface area (Å²) in [5, 5.41) is 15.3. The molecule has 1 heterocycles. The molecule has 0 saturated heterocycles. The Morgan fingerprint density at radius 2 is 1.73 bits per heavy atom. The molecule has 0 saturated carbocycles. The van der Waals surface area contributed by atoms with Crippen LogP contribution in [0.25, 0.3) is 0 Å². The highest BCUT2D eigenvalue weighted by molar-refractivity contribution is 7.92. The molecular formula is C14H18N6O4S2. The molecule has 0 atom stereocenters. The van der Waals surface area contributed by atoms with Gasteiger partial charge in [0, 0.05) is 6.04 Å². The Bertz CT molecular complexity index is 910. The molecule has 10 nitrogen and oxygen atoms in total. The molecule has 2 rings (SSSR count). The fourth-order valence-corrected chi connectivity index (χ4v) is 3.32. The van der Waals surface area contributed by atoms with E-state index in [2.05, 4.69) is 30.9 Å². The molecule has 0 unspecified atom stereocenters. The van der Waals surface area contributed by atoms with Gasteiger partial charge in [-0.25, -0.2) is 13.2 Å². The van der Waals surface area contributed by atoms with Gasteiger partial charge in [-0.15, -0.1) is 10.2 Å². The highest BCUT2D eigenvalue weighted by Gasteiger charge is 2.16. The van der Waals surface area contributed by atoms with Crippen LogP contribution in [-0.2, 0) is 10.0 Å². The highest BCUT2D eigenvalue weighted by Crippen LogP contribution is 2.23. The molecule has 1 aromatic carbocycles. The minimum atomic E-state index is -3.48. The third-order valence-electron chi connectivity index (χ3n) is 2.76. The number of carbonyl (C=O) groups excluding carboxylic acids is 2. The van der Waals surface area contributed by atoms with E-state index in [1.807, 2.05) is 13.8 Å². The average molecular weight is 398 g/mol. The molecule has 0 fully saturated rings. The standard InChI is InChI=1S/C14H18N6O4S2/c1-8(2)15-12(22)16-10-7-5-4-6-9(10)11(21)17-13-18-19-14(25-13)20-26(3,23)24/h4-8H,1-3H3,(H,19,20)(H2,15,16,22)(H,17,18,21). The van der Waals surface area contributed by atoms with Crippen molar-refractivity contribution in [3.63, 3.8) is 0 Å². The van der Waals surface area contributed by atoms with Gasteiger partial charge in [-0.2, -0.15) is 0 Å². The summed E-state index contributed by atoms with van der Waals surface area (Å²) in [5.74, 6) is -0.521. The number of benzene rings is 1. The van der Waals surface area contributed by atoms with E-state index >= 15 is 0 Å². The van der Waals surface area contributed by atoms with Gasteiger partial charge in [0.2, 0.25) is 20.3 Å². The number of hydrogen-bond acceptors (Lipinski definition) is 7. The topological polar surface area (TPSA) is 142 Å². The lowest BCUT2D eigenvalue weighted by atomic mass is 10.1. The third kappa shape index (κ3) is 5.97. The summed E-state index contributed by atoms with van der Waals surface area (Å²) in [4.78, 5) is 24.3. The largest absolute Gasteiger partial charge is 0.336 e. The van der Waals surface area contributed by atoms with Gasteiger partial charge in [0.05, 0.1) is 17.5 Å². The van der Waals surface area contributed by atoms with Crippen LogP contribution in [0.1, 0.15) is 24.2 Å². The Kier molecular flexibility index (Phi) is 6.10. The van der Waals surface area contributed by atoms with E-state index in [9.17, 15) is 18.0 Å². The molecule has 3 amide bonds. The van der Waals surface area contributed by atoms with Crippen molar-refractivity contribution in [2.75, 3.05) is 21.6 Å². The first-order chi connectivity index (χ1) is 12.1. The van der Waals surface area contributed by atoms with Crippen LogP contribution in [0.15, 0.2) is 24.3 Å². The number of para-hydroxylation sites is 1. The zero-order chi connectivity index (χ0) is 19.3. The Labute approximate surface area is 154 Å². The average Bonchev–Trinajstić information content (AvgIpc) is 2.91. The molecule has 1 aromatic heterocycles. The van der Waals surface area contributed by atoms with Crippen molar-refractivity contribution >= 4 is 49.2 Å². The zero-order valence-corrected chi connectivity index (χ0v) is 15.9. The maximum absolute atomic E-state index is 12.5. The molecular weight excluding hydrogens is 380 g/mol. The maximum atomic E-state index is 12.5. The number of nitrogens with one attached hydrogen (secondary N) is 4. The third-order valence-corrected chi connectivity index (χ3v) is 4.21. The molecule has 26 heavy (non-hydrogen) atoms. The maximum Gasteiger partial charge on any atom is 0.319 e. The first-order valence-electron chi connectivity index (χ1n) is 7.43. The van der Waals surface area contributed by atoms with Crippen molar-refractivity contribution in [3.8, 4) is 0 Å². The Hall–Kier alpha value is -2.73. The quantitative estimate of drug-likeness (QED) is 0.583. The number of rotatable bonds is 6. The van der Waals surface area contributed by atoms with Gasteiger partial charge in [0.25, 0.3) is 5.91 Å². The first-order valence-corrected chi connectivity index (χ1v) is 10.1. The van der Waals surface area contributed by atoms with Gasteiger partial charge < -0.3 is 10.6 Å². The zero-order valence-electron chi connectivity index (χ0n) is 14.2. The normalized spacial score (nSPS) is 11.1. The molecule has 4 N–H and O–H groups in total. The number of anilines is 3. The van der Waals surface area contributed by atoms with Crippen LogP contribution in [0.4, 0.5) is 20.7 Å². The fourth-order valence-electron chi connectivity index (χ4n) is 1.85. The summed E-state index contributed by atoms with van der Waals surface area (Å²) in [6.45, 7) is 3.63. The van der Waals surface area contributed by atoms with Crippen molar-refractivity contribution in [1.29, 1.82) is 0 Å². The lowest BCUT2D eigenvalue weighted by Gasteiger charge is -2.12. The van der Waals surface area contributed by atoms with Crippen molar-refractivity contribution in [3.05, 3.63) is 29.8 Å². The minimum absolute atomic E-state index is 0.0329. The monoisotopic (exact) mass is 398 g/mol. The van der Waals surface area contributed by atoms with Gasteiger partial charge in [-0.1, -0.05) is 23.5 Å². The van der Waals surface area contributed by atoms with Crippen LogP contribution in [0, 0.1) is 0 Å². The summed E-state index contributed by atoms with van der Waals surface area (Å²) in [6.07, 6.45) is 0.983. The smallest absolute Gasteiger partial charge is 0.319 e. The predicted octanol–water partition coefficient (Wildman–Crippen LogP) is 1.69. The minimum Gasteiger partial charge on any atom is -0.336 e. The van der Waals surface area contributed by atoms with Crippen LogP contribution in [0.3, 0.4) is 0 Å². The van der Waals surface area contributed by atoms with Crippen LogP contribution < -0.4 is 20.7 Å². The fraction of sp³-hybridized carbons (Fsp3) is 0.286. The van der Waals surface area contributed by atoms with E-state index in [-0.39, 0.29) is 21.9 Å². The number of carbonyl (C=O) groups is 2. The van der Waals surface area contributed by atoms with Crippen molar-refractivity contribution < 1.29 is 18.0 Å². The Balaban J connectivity index is 2.11. The molecule has 0 aliphatic carbocycles. The molecule has 2 aromatic rings. The molecule has 140 valence electrons. The van der Waals surface area contributed by atoms with Crippen LogP contribution >= 0.6 is 11.3 Å². The van der Waals surface area contributed by atoms with E-state index in [1.165, 1.54) is 6.07 Å². The van der Waals surface area contributed by atoms with Gasteiger partial charge in [-0.3, -0.25) is 14.8 Å². The van der Waals surface area contributed by atoms with E-state index in [0.29, 0.717) is 5.69 Å². The lowest BCUT2D eigenvalue weighted by molar-refractivity contribution is 0.102. The predicted molar refractivity (Wildman–Crippen MR) is 100 cm³/mol. The van der Waals surface area contributed by atoms with Gasteiger partial charge in [0.15, 0.2) is 0 Å². The van der Waals surface area contributed by atoms with E-state index in [1.54, 1.807) is 18.2 Å². The van der Waals surface area contributed by atoms with Crippen LogP contribution in [-0.4, -0.2) is 42.9 Å². The second-order valence-corrected chi connectivity index (χ2v) is 8.27. The van der Waals surface area contributed by atoms with Crippen molar-refractivity contribution in [2.45, 2.75) is 19.9 Å². The van der Waals surface area contributed by atoms with E-state index in [0.717, 1.165) is 17.6 Å². The number of sulfonamides is 1. The van der Waals surface area contributed by atoms with Crippen molar-refractivity contribution in [2.24, 2.45) is 0 Å². The molecule has 0 bridgehead atoms.